The number of aromatic carboxylic acids is 1. The zero-order valence-corrected chi connectivity index (χ0v) is 9.68. The maximum Gasteiger partial charge on any atom is 0.335 e. The van der Waals surface area contributed by atoms with Gasteiger partial charge in [0.25, 0.3) is 0 Å². The monoisotopic (exact) mass is 244 g/mol. The highest BCUT2D eigenvalue weighted by molar-refractivity contribution is 5.87. The second-order valence-electron chi connectivity index (χ2n) is 3.31. The zero-order valence-electron chi connectivity index (χ0n) is 9.68. The van der Waals surface area contributed by atoms with Gasteiger partial charge in [0.2, 0.25) is 0 Å². The van der Waals surface area contributed by atoms with E-state index in [2.05, 4.69) is 18.4 Å². The topological polar surface area (TPSA) is 63.6 Å². The summed E-state index contributed by atoms with van der Waals surface area (Å²) in [6.45, 7) is 3.48. The van der Waals surface area contributed by atoms with Gasteiger partial charge in [-0.1, -0.05) is 18.4 Å². The molecule has 0 aromatic heterocycles. The van der Waals surface area contributed by atoms with Gasteiger partial charge in [-0.2, -0.15) is 0 Å². The number of carboxylic acid groups (broad SMARTS) is 1. The molecule has 1 aromatic rings. The van der Waals surface area contributed by atoms with E-state index in [-0.39, 0.29) is 12.2 Å². The number of hydrogen-bond donors (Lipinski definition) is 1. The molecular formula is C14H12O4. The fourth-order valence-electron chi connectivity index (χ4n) is 1.12. The van der Waals surface area contributed by atoms with Crippen LogP contribution in [0.15, 0.2) is 36.9 Å². The van der Waals surface area contributed by atoms with Crippen molar-refractivity contribution in [1.29, 1.82) is 0 Å². The summed E-state index contributed by atoms with van der Waals surface area (Å²) in [6, 6.07) is 6.24. The van der Waals surface area contributed by atoms with Gasteiger partial charge in [-0.05, 0) is 24.3 Å². The van der Waals surface area contributed by atoms with Crippen LogP contribution in [0.4, 0.5) is 0 Å². The van der Waals surface area contributed by atoms with Crippen molar-refractivity contribution in [2.45, 2.75) is 6.42 Å². The molecule has 0 unspecified atom stereocenters. The Labute approximate surface area is 105 Å². The fraction of sp³-hybridized carbons (Fsp3) is 0.143. The highest BCUT2D eigenvalue weighted by Crippen LogP contribution is 2.02. The van der Waals surface area contributed by atoms with Crippen LogP contribution in [0.2, 0.25) is 0 Å². The third kappa shape index (κ3) is 4.54. The van der Waals surface area contributed by atoms with Crippen molar-refractivity contribution in [3.63, 3.8) is 0 Å². The molecule has 1 N–H and O–H groups in total. The molecule has 0 spiro atoms. The van der Waals surface area contributed by atoms with Crippen LogP contribution >= 0.6 is 0 Å². The minimum atomic E-state index is -0.967. The molecule has 0 heterocycles. The Bertz CT molecular complexity index is 503. The van der Waals surface area contributed by atoms with Crippen LogP contribution in [0.3, 0.4) is 0 Å². The molecular weight excluding hydrogens is 232 g/mol. The van der Waals surface area contributed by atoms with E-state index in [9.17, 15) is 9.59 Å². The Morgan fingerprint density at radius 3 is 2.56 bits per heavy atom. The second-order valence-corrected chi connectivity index (χ2v) is 3.31. The number of carboxylic acids is 1. The smallest absolute Gasteiger partial charge is 0.335 e. The Morgan fingerprint density at radius 1 is 1.33 bits per heavy atom. The molecule has 1 rings (SSSR count). The number of rotatable bonds is 4. The van der Waals surface area contributed by atoms with E-state index in [4.69, 9.17) is 9.84 Å². The van der Waals surface area contributed by atoms with Gasteiger partial charge in [0.1, 0.15) is 6.61 Å². The van der Waals surface area contributed by atoms with Crippen LogP contribution in [0.1, 0.15) is 22.3 Å². The summed E-state index contributed by atoms with van der Waals surface area (Å²) in [5.74, 6) is 4.23. The summed E-state index contributed by atoms with van der Waals surface area (Å²) < 4.78 is 4.74. The van der Waals surface area contributed by atoms with Gasteiger partial charge in [-0.3, -0.25) is 0 Å². The van der Waals surface area contributed by atoms with E-state index in [1.165, 1.54) is 12.1 Å². The van der Waals surface area contributed by atoms with E-state index < -0.39 is 11.9 Å². The van der Waals surface area contributed by atoms with Crippen molar-refractivity contribution in [3.05, 3.63) is 48.0 Å². The summed E-state index contributed by atoms with van der Waals surface area (Å²) in [5, 5.41) is 8.70. The van der Waals surface area contributed by atoms with Crippen molar-refractivity contribution < 1.29 is 19.4 Å². The lowest BCUT2D eigenvalue weighted by Gasteiger charge is -1.96. The number of hydrogen-bond acceptors (Lipinski definition) is 3. The molecule has 18 heavy (non-hydrogen) atoms. The van der Waals surface area contributed by atoms with Crippen LogP contribution in [0.5, 0.6) is 0 Å². The SMILES string of the molecule is C=CC(=O)OCCC#Cc1ccc(C(=O)O)cc1. The maximum absolute atomic E-state index is 10.7. The molecule has 0 amide bonds. The van der Waals surface area contributed by atoms with E-state index in [1.807, 2.05) is 0 Å². The molecule has 4 heteroatoms. The summed E-state index contributed by atoms with van der Waals surface area (Å²) in [7, 11) is 0. The van der Waals surface area contributed by atoms with Gasteiger partial charge in [0, 0.05) is 18.1 Å². The lowest BCUT2D eigenvalue weighted by molar-refractivity contribution is -0.137. The molecule has 1 aromatic carbocycles. The predicted octanol–water partition coefficient (Wildman–Crippen LogP) is 1.86. The second kappa shape index (κ2) is 6.92. The van der Waals surface area contributed by atoms with Gasteiger partial charge >= 0.3 is 11.9 Å². The predicted molar refractivity (Wildman–Crippen MR) is 66.1 cm³/mol. The first-order valence-corrected chi connectivity index (χ1v) is 5.25. The number of esters is 1. The Morgan fingerprint density at radius 2 is 2.00 bits per heavy atom. The minimum Gasteiger partial charge on any atom is -0.478 e. The molecule has 0 aliphatic carbocycles. The molecule has 0 fully saturated rings. The Kier molecular flexibility index (Phi) is 5.20. The minimum absolute atomic E-state index is 0.213. The normalized spacial score (nSPS) is 8.89. The molecule has 0 bridgehead atoms. The summed E-state index contributed by atoms with van der Waals surface area (Å²) in [5.41, 5.74) is 0.940. The van der Waals surface area contributed by atoms with Crippen molar-refractivity contribution in [2.75, 3.05) is 6.61 Å². The molecule has 0 radical (unpaired) electrons. The lowest BCUT2D eigenvalue weighted by Crippen LogP contribution is -2.00. The maximum atomic E-state index is 10.7. The molecule has 0 atom stereocenters. The van der Waals surface area contributed by atoms with Crippen LogP contribution in [0, 0.1) is 11.8 Å². The van der Waals surface area contributed by atoms with Crippen LogP contribution in [-0.2, 0) is 9.53 Å². The van der Waals surface area contributed by atoms with Gasteiger partial charge < -0.3 is 9.84 Å². The average molecular weight is 244 g/mol. The zero-order chi connectivity index (χ0) is 13.4. The van der Waals surface area contributed by atoms with Gasteiger partial charge in [0.05, 0.1) is 5.56 Å². The highest BCUT2D eigenvalue weighted by Gasteiger charge is 1.99. The van der Waals surface area contributed by atoms with Crippen LogP contribution in [0.25, 0.3) is 0 Å². The van der Waals surface area contributed by atoms with Crippen molar-refractivity contribution in [2.24, 2.45) is 0 Å². The molecule has 4 nitrogen and oxygen atoms in total. The quantitative estimate of drug-likeness (QED) is 0.380. The molecule has 0 aliphatic heterocycles. The van der Waals surface area contributed by atoms with Crippen LogP contribution in [-0.4, -0.2) is 23.7 Å². The third-order valence-electron chi connectivity index (χ3n) is 2.00. The number of carbonyl (C=O) groups is 2. The van der Waals surface area contributed by atoms with Gasteiger partial charge in [0.15, 0.2) is 0 Å². The van der Waals surface area contributed by atoms with E-state index in [0.29, 0.717) is 6.42 Å². The van der Waals surface area contributed by atoms with E-state index in [1.54, 1.807) is 12.1 Å². The third-order valence-corrected chi connectivity index (χ3v) is 2.00. The molecule has 0 aliphatic rings. The first-order valence-electron chi connectivity index (χ1n) is 5.25. The molecule has 92 valence electrons. The van der Waals surface area contributed by atoms with Crippen molar-refractivity contribution in [3.8, 4) is 11.8 Å². The van der Waals surface area contributed by atoms with Crippen molar-refractivity contribution >= 4 is 11.9 Å². The Balaban J connectivity index is 2.45. The van der Waals surface area contributed by atoms with Gasteiger partial charge in [-0.25, -0.2) is 9.59 Å². The van der Waals surface area contributed by atoms with E-state index in [0.717, 1.165) is 11.6 Å². The molecule has 0 saturated carbocycles. The highest BCUT2D eigenvalue weighted by atomic mass is 16.5. The van der Waals surface area contributed by atoms with Crippen LogP contribution < -0.4 is 0 Å². The number of carbonyl (C=O) groups excluding carboxylic acids is 1. The summed E-state index contributed by atoms with van der Waals surface area (Å²) >= 11 is 0. The first-order chi connectivity index (χ1) is 8.63. The van der Waals surface area contributed by atoms with Crippen molar-refractivity contribution in [1.82, 2.24) is 0 Å². The summed E-state index contributed by atoms with van der Waals surface area (Å²) in [6.07, 6.45) is 1.51. The number of ether oxygens (including phenoxy) is 1. The lowest BCUT2D eigenvalue weighted by atomic mass is 10.1. The first kappa shape index (κ1) is 13.5. The van der Waals surface area contributed by atoms with Gasteiger partial charge in [-0.15, -0.1) is 0 Å². The average Bonchev–Trinajstić information content (AvgIpc) is 2.38. The Hall–Kier alpha value is -2.54. The number of benzene rings is 1. The standard InChI is InChI=1S/C14H12O4/c1-2-13(15)18-10-4-3-5-11-6-8-12(9-7-11)14(16)17/h2,6-9H,1,4,10H2,(H,16,17). The largest absolute Gasteiger partial charge is 0.478 e. The van der Waals surface area contributed by atoms with E-state index >= 15 is 0 Å². The fourth-order valence-corrected chi connectivity index (χ4v) is 1.12. The summed E-state index contributed by atoms with van der Waals surface area (Å²) in [4.78, 5) is 21.3. The molecule has 0 saturated heterocycles.